The van der Waals surface area contributed by atoms with E-state index in [4.69, 9.17) is 10.2 Å². The SMILES string of the molecule is CCC(N)c1oc2cccc(F)c2c(=O)c1-c1ccccc1. The zero-order chi connectivity index (χ0) is 15.7. The Hall–Kier alpha value is -2.46. The third-order valence-electron chi connectivity index (χ3n) is 3.73. The van der Waals surface area contributed by atoms with Gasteiger partial charge in [0.2, 0.25) is 5.43 Å². The number of benzene rings is 2. The number of fused-ring (bicyclic) bond motifs is 1. The monoisotopic (exact) mass is 297 g/mol. The van der Waals surface area contributed by atoms with Crippen molar-refractivity contribution in [2.75, 3.05) is 0 Å². The van der Waals surface area contributed by atoms with Crippen LogP contribution in [0.25, 0.3) is 22.1 Å². The van der Waals surface area contributed by atoms with Gasteiger partial charge in [0, 0.05) is 0 Å². The molecule has 0 saturated carbocycles. The van der Waals surface area contributed by atoms with Crippen molar-refractivity contribution in [3.8, 4) is 11.1 Å². The normalized spacial score (nSPS) is 12.5. The average molecular weight is 297 g/mol. The standard InChI is InChI=1S/C18H16FNO2/c1-2-13(20)18-15(11-7-4-3-5-8-11)17(21)16-12(19)9-6-10-14(16)22-18/h3-10,13H,2,20H2,1H3. The molecule has 1 heterocycles. The highest BCUT2D eigenvalue weighted by molar-refractivity contribution is 5.83. The molecule has 0 fully saturated rings. The lowest BCUT2D eigenvalue weighted by molar-refractivity contribution is 0.478. The van der Waals surface area contributed by atoms with Crippen LogP contribution in [-0.2, 0) is 0 Å². The first-order valence-corrected chi connectivity index (χ1v) is 7.19. The first-order valence-electron chi connectivity index (χ1n) is 7.19. The summed E-state index contributed by atoms with van der Waals surface area (Å²) in [7, 11) is 0. The lowest BCUT2D eigenvalue weighted by atomic mass is 9.98. The van der Waals surface area contributed by atoms with Crippen molar-refractivity contribution < 1.29 is 8.81 Å². The highest BCUT2D eigenvalue weighted by Gasteiger charge is 2.21. The van der Waals surface area contributed by atoms with Crippen LogP contribution in [0.1, 0.15) is 25.1 Å². The minimum Gasteiger partial charge on any atom is -0.458 e. The second kappa shape index (κ2) is 5.73. The fraction of sp³-hybridized carbons (Fsp3) is 0.167. The van der Waals surface area contributed by atoms with Gasteiger partial charge in [-0.05, 0) is 24.1 Å². The molecule has 0 aliphatic heterocycles. The van der Waals surface area contributed by atoms with E-state index in [2.05, 4.69) is 0 Å². The van der Waals surface area contributed by atoms with Crippen LogP contribution in [0.5, 0.6) is 0 Å². The summed E-state index contributed by atoms with van der Waals surface area (Å²) in [6.07, 6.45) is 0.615. The molecule has 3 nitrogen and oxygen atoms in total. The van der Waals surface area contributed by atoms with E-state index in [0.717, 1.165) is 0 Å². The van der Waals surface area contributed by atoms with E-state index in [1.54, 1.807) is 18.2 Å². The van der Waals surface area contributed by atoms with Crippen molar-refractivity contribution in [3.05, 3.63) is 70.3 Å². The highest BCUT2D eigenvalue weighted by atomic mass is 19.1. The Morgan fingerprint density at radius 2 is 1.86 bits per heavy atom. The molecule has 0 spiro atoms. The molecule has 0 bridgehead atoms. The summed E-state index contributed by atoms with van der Waals surface area (Å²) >= 11 is 0. The van der Waals surface area contributed by atoms with Crippen molar-refractivity contribution in [2.45, 2.75) is 19.4 Å². The third kappa shape index (κ3) is 2.31. The second-order valence-electron chi connectivity index (χ2n) is 5.16. The maximum atomic E-state index is 14.1. The molecule has 1 unspecified atom stereocenters. The lowest BCUT2D eigenvalue weighted by Crippen LogP contribution is -2.17. The van der Waals surface area contributed by atoms with Gasteiger partial charge in [0.05, 0.1) is 11.6 Å². The molecular formula is C18H16FNO2. The van der Waals surface area contributed by atoms with E-state index in [1.807, 2.05) is 25.1 Å². The first kappa shape index (κ1) is 14.5. The maximum absolute atomic E-state index is 14.1. The molecule has 22 heavy (non-hydrogen) atoms. The molecule has 3 aromatic rings. The zero-order valence-corrected chi connectivity index (χ0v) is 12.2. The summed E-state index contributed by atoms with van der Waals surface area (Å²) in [6, 6.07) is 13.0. The predicted molar refractivity (Wildman–Crippen MR) is 85.1 cm³/mol. The number of hydrogen-bond donors (Lipinski definition) is 1. The highest BCUT2D eigenvalue weighted by Crippen LogP contribution is 2.29. The Morgan fingerprint density at radius 1 is 1.14 bits per heavy atom. The molecule has 1 atom stereocenters. The van der Waals surface area contributed by atoms with E-state index in [-0.39, 0.29) is 16.4 Å². The van der Waals surface area contributed by atoms with Crippen molar-refractivity contribution in [3.63, 3.8) is 0 Å². The minimum atomic E-state index is -0.583. The molecule has 0 radical (unpaired) electrons. The molecule has 0 aliphatic rings. The Kier molecular flexibility index (Phi) is 3.77. The van der Waals surface area contributed by atoms with E-state index in [9.17, 15) is 9.18 Å². The number of hydrogen-bond acceptors (Lipinski definition) is 3. The van der Waals surface area contributed by atoms with Crippen LogP contribution >= 0.6 is 0 Å². The molecular weight excluding hydrogens is 281 g/mol. The van der Waals surface area contributed by atoms with Crippen LogP contribution in [-0.4, -0.2) is 0 Å². The molecule has 0 saturated heterocycles. The van der Waals surface area contributed by atoms with Gasteiger partial charge >= 0.3 is 0 Å². The Labute approximate surface area is 127 Å². The van der Waals surface area contributed by atoms with Crippen LogP contribution in [0.3, 0.4) is 0 Å². The van der Waals surface area contributed by atoms with Gasteiger partial charge in [0.25, 0.3) is 0 Å². The van der Waals surface area contributed by atoms with Crippen molar-refractivity contribution in [1.82, 2.24) is 0 Å². The minimum absolute atomic E-state index is 0.0339. The van der Waals surface area contributed by atoms with Crippen LogP contribution < -0.4 is 11.2 Å². The summed E-state index contributed by atoms with van der Waals surface area (Å²) in [4.78, 5) is 12.8. The van der Waals surface area contributed by atoms with Gasteiger partial charge in [0.15, 0.2) is 0 Å². The molecule has 3 rings (SSSR count). The van der Waals surface area contributed by atoms with Gasteiger partial charge in [0.1, 0.15) is 22.5 Å². The summed E-state index contributed by atoms with van der Waals surface area (Å²) in [6.45, 7) is 1.91. The number of nitrogens with two attached hydrogens (primary N) is 1. The lowest BCUT2D eigenvalue weighted by Gasteiger charge is -2.14. The molecule has 2 aromatic carbocycles. The van der Waals surface area contributed by atoms with E-state index >= 15 is 0 Å². The molecule has 2 N–H and O–H groups in total. The summed E-state index contributed by atoms with van der Waals surface area (Å²) in [5.74, 6) is -0.183. The quantitative estimate of drug-likeness (QED) is 0.794. The second-order valence-corrected chi connectivity index (χ2v) is 5.16. The molecule has 0 amide bonds. The fourth-order valence-corrected chi connectivity index (χ4v) is 2.54. The molecule has 1 aromatic heterocycles. The summed E-state index contributed by atoms with van der Waals surface area (Å²) < 4.78 is 19.9. The van der Waals surface area contributed by atoms with Gasteiger partial charge in [-0.25, -0.2) is 4.39 Å². The summed E-state index contributed by atoms with van der Waals surface area (Å²) in [5, 5.41) is -0.0339. The largest absolute Gasteiger partial charge is 0.458 e. The van der Waals surface area contributed by atoms with Crippen LogP contribution in [0.2, 0.25) is 0 Å². The fourth-order valence-electron chi connectivity index (χ4n) is 2.54. The summed E-state index contributed by atoms with van der Waals surface area (Å²) in [5.41, 5.74) is 6.97. The Morgan fingerprint density at radius 3 is 2.55 bits per heavy atom. The van der Waals surface area contributed by atoms with Gasteiger partial charge in [-0.15, -0.1) is 0 Å². The van der Waals surface area contributed by atoms with Crippen LogP contribution in [0, 0.1) is 5.82 Å². The molecule has 112 valence electrons. The van der Waals surface area contributed by atoms with E-state index in [1.165, 1.54) is 12.1 Å². The topological polar surface area (TPSA) is 56.2 Å². The van der Waals surface area contributed by atoms with Crippen molar-refractivity contribution in [1.29, 1.82) is 0 Å². The van der Waals surface area contributed by atoms with E-state index < -0.39 is 11.9 Å². The van der Waals surface area contributed by atoms with Crippen LogP contribution in [0.15, 0.2) is 57.7 Å². The predicted octanol–water partition coefficient (Wildman–Crippen LogP) is 4.01. The smallest absolute Gasteiger partial charge is 0.203 e. The Balaban J connectivity index is 2.44. The van der Waals surface area contributed by atoms with E-state index in [0.29, 0.717) is 23.3 Å². The van der Waals surface area contributed by atoms with Gasteiger partial charge in [-0.1, -0.05) is 43.3 Å². The first-order chi connectivity index (χ1) is 10.6. The zero-order valence-electron chi connectivity index (χ0n) is 12.2. The Bertz CT molecular complexity index is 871. The van der Waals surface area contributed by atoms with Gasteiger partial charge in [-0.3, -0.25) is 4.79 Å². The number of rotatable bonds is 3. The van der Waals surface area contributed by atoms with Gasteiger partial charge < -0.3 is 10.2 Å². The molecule has 4 heteroatoms. The van der Waals surface area contributed by atoms with Crippen LogP contribution in [0.4, 0.5) is 4.39 Å². The van der Waals surface area contributed by atoms with Crippen molar-refractivity contribution >= 4 is 11.0 Å². The molecule has 0 aliphatic carbocycles. The third-order valence-corrected chi connectivity index (χ3v) is 3.73. The van der Waals surface area contributed by atoms with Gasteiger partial charge in [-0.2, -0.15) is 0 Å². The van der Waals surface area contributed by atoms with Crippen molar-refractivity contribution in [2.24, 2.45) is 5.73 Å². The maximum Gasteiger partial charge on any atom is 0.203 e. The number of halogens is 1. The average Bonchev–Trinajstić information content (AvgIpc) is 2.54.